The average Bonchev–Trinajstić information content (AvgIpc) is 3.38. The number of alkyl halides is 3. The Morgan fingerprint density at radius 1 is 1.12 bits per heavy atom. The number of rotatable bonds is 1. The zero-order valence-electron chi connectivity index (χ0n) is 13.5. The molecule has 5 nitrogen and oxygen atoms in total. The number of carbonyl (C=O) groups excluding carboxylic acids is 2. The van der Waals surface area contributed by atoms with Gasteiger partial charge in [-0.3, -0.25) is 9.59 Å². The van der Waals surface area contributed by atoms with E-state index in [0.29, 0.717) is 18.4 Å². The van der Waals surface area contributed by atoms with Crippen LogP contribution in [0.1, 0.15) is 17.5 Å². The molecular weight excluding hydrogens is 347 g/mol. The SMILES string of the molecule is N#Cc1ccc(N2C(=O)[C@@H]3[C@H]4CN[C@H]([C@@H]5C[C@@H]54)[C@@H]3C2=O)cc1C(F)(F)F. The van der Waals surface area contributed by atoms with Crippen molar-refractivity contribution in [3.63, 3.8) is 0 Å². The second kappa shape index (κ2) is 4.86. The Morgan fingerprint density at radius 3 is 2.54 bits per heavy atom. The van der Waals surface area contributed by atoms with Gasteiger partial charge in [0.2, 0.25) is 11.8 Å². The number of halogens is 3. The highest BCUT2D eigenvalue weighted by molar-refractivity contribution is 6.22. The van der Waals surface area contributed by atoms with Crippen LogP contribution in [0.25, 0.3) is 0 Å². The quantitative estimate of drug-likeness (QED) is 0.776. The third kappa shape index (κ3) is 1.89. The van der Waals surface area contributed by atoms with Crippen LogP contribution >= 0.6 is 0 Å². The smallest absolute Gasteiger partial charge is 0.313 e. The molecule has 1 aromatic rings. The van der Waals surface area contributed by atoms with Crippen LogP contribution in [0.3, 0.4) is 0 Å². The fourth-order valence-corrected chi connectivity index (χ4v) is 5.30. The molecule has 3 aliphatic heterocycles. The van der Waals surface area contributed by atoms with Crippen molar-refractivity contribution in [1.29, 1.82) is 5.26 Å². The highest BCUT2D eigenvalue weighted by Crippen LogP contribution is 2.61. The minimum atomic E-state index is -4.73. The first-order valence-electron chi connectivity index (χ1n) is 8.55. The van der Waals surface area contributed by atoms with Gasteiger partial charge in [-0.25, -0.2) is 4.90 Å². The van der Waals surface area contributed by atoms with Gasteiger partial charge in [0.05, 0.1) is 34.7 Å². The maximum atomic E-state index is 13.2. The minimum absolute atomic E-state index is 0.0584. The number of nitriles is 1. The molecule has 2 saturated carbocycles. The summed E-state index contributed by atoms with van der Waals surface area (Å²) < 4.78 is 39.7. The van der Waals surface area contributed by atoms with E-state index in [1.165, 1.54) is 12.1 Å². The van der Waals surface area contributed by atoms with Gasteiger partial charge >= 0.3 is 6.18 Å². The molecule has 5 fully saturated rings. The van der Waals surface area contributed by atoms with E-state index < -0.39 is 41.0 Å². The molecule has 0 aromatic heterocycles. The summed E-state index contributed by atoms with van der Waals surface area (Å²) in [7, 11) is 0. The van der Waals surface area contributed by atoms with Crippen molar-refractivity contribution in [2.24, 2.45) is 29.6 Å². The Morgan fingerprint density at radius 2 is 1.85 bits per heavy atom. The number of benzene rings is 1. The summed E-state index contributed by atoms with van der Waals surface area (Å²) in [5, 5.41) is 12.3. The molecule has 0 unspecified atom stereocenters. The Bertz CT molecular complexity index is 857. The van der Waals surface area contributed by atoms with Crippen molar-refractivity contribution in [2.75, 3.05) is 11.4 Å². The lowest BCUT2D eigenvalue weighted by Crippen LogP contribution is -2.58. The summed E-state index contributed by atoms with van der Waals surface area (Å²) in [6, 6.07) is 4.45. The maximum absolute atomic E-state index is 13.2. The fourth-order valence-electron chi connectivity index (χ4n) is 5.30. The van der Waals surface area contributed by atoms with Crippen molar-refractivity contribution in [2.45, 2.75) is 18.6 Å². The number of imide groups is 1. The number of amides is 2. The van der Waals surface area contributed by atoms with Crippen LogP contribution in [0.15, 0.2) is 18.2 Å². The molecular formula is C18H14F3N3O2. The Labute approximate surface area is 146 Å². The van der Waals surface area contributed by atoms with Gasteiger partial charge in [0.25, 0.3) is 0 Å². The van der Waals surface area contributed by atoms with Gasteiger partial charge < -0.3 is 5.32 Å². The third-order valence-corrected chi connectivity index (χ3v) is 6.42. The number of nitrogens with one attached hydrogen (secondary N) is 1. The first kappa shape index (κ1) is 15.8. The fraction of sp³-hybridized carbons (Fsp3) is 0.500. The van der Waals surface area contributed by atoms with E-state index in [1.807, 2.05) is 0 Å². The molecule has 3 heterocycles. The van der Waals surface area contributed by atoms with E-state index in [9.17, 15) is 22.8 Å². The number of piperidine rings is 2. The largest absolute Gasteiger partial charge is 0.417 e. The lowest BCUT2D eigenvalue weighted by atomic mass is 9.67. The number of carbonyl (C=O) groups is 2. The van der Waals surface area contributed by atoms with Crippen LogP contribution < -0.4 is 10.2 Å². The van der Waals surface area contributed by atoms with Gasteiger partial charge in [0.1, 0.15) is 0 Å². The van der Waals surface area contributed by atoms with Crippen molar-refractivity contribution in [1.82, 2.24) is 5.32 Å². The summed E-state index contributed by atoms with van der Waals surface area (Å²) in [6.07, 6.45) is -3.72. The van der Waals surface area contributed by atoms with E-state index in [4.69, 9.17) is 5.26 Å². The number of nitrogens with zero attached hydrogens (tertiary/aromatic N) is 2. The predicted octanol–water partition coefficient (Wildman–Crippen LogP) is 1.92. The van der Waals surface area contributed by atoms with Crippen LogP contribution in [0, 0.1) is 40.9 Å². The summed E-state index contributed by atoms with van der Waals surface area (Å²) in [5.41, 5.74) is -1.76. The molecule has 0 spiro atoms. The maximum Gasteiger partial charge on any atom is 0.417 e. The van der Waals surface area contributed by atoms with Gasteiger partial charge in [-0.1, -0.05) is 0 Å². The summed E-state index contributed by atoms with van der Waals surface area (Å²) >= 11 is 0. The number of hydrogen-bond acceptors (Lipinski definition) is 4. The Hall–Kier alpha value is -2.40. The molecule has 3 saturated heterocycles. The molecule has 1 N–H and O–H groups in total. The number of fused-ring (bicyclic) bond motifs is 1. The highest BCUT2D eigenvalue weighted by Gasteiger charge is 2.68. The Balaban J connectivity index is 1.57. The summed E-state index contributed by atoms with van der Waals surface area (Å²) in [4.78, 5) is 26.8. The second-order valence-corrected chi connectivity index (χ2v) is 7.56. The van der Waals surface area contributed by atoms with Gasteiger partial charge in [-0.05, 0) is 48.9 Å². The van der Waals surface area contributed by atoms with Gasteiger partial charge in [0, 0.05) is 6.04 Å². The number of hydrogen-bond donors (Lipinski definition) is 1. The molecule has 1 aromatic carbocycles. The van der Waals surface area contributed by atoms with Crippen LogP contribution in [-0.4, -0.2) is 24.4 Å². The second-order valence-electron chi connectivity index (χ2n) is 7.56. The topological polar surface area (TPSA) is 73.2 Å². The van der Waals surface area contributed by atoms with Crippen molar-refractivity contribution < 1.29 is 22.8 Å². The molecule has 134 valence electrons. The molecule has 5 aliphatic rings. The van der Waals surface area contributed by atoms with E-state index in [0.717, 1.165) is 23.5 Å². The lowest BCUT2D eigenvalue weighted by Gasteiger charge is -2.43. The summed E-state index contributed by atoms with van der Waals surface area (Å²) in [5.74, 6) is -0.830. The van der Waals surface area contributed by atoms with Crippen molar-refractivity contribution in [3.05, 3.63) is 29.3 Å². The van der Waals surface area contributed by atoms with Crippen LogP contribution in [-0.2, 0) is 15.8 Å². The molecule has 0 radical (unpaired) electrons. The van der Waals surface area contributed by atoms with E-state index in [2.05, 4.69) is 5.32 Å². The number of anilines is 1. The van der Waals surface area contributed by atoms with Crippen LogP contribution in [0.5, 0.6) is 0 Å². The van der Waals surface area contributed by atoms with Gasteiger partial charge in [-0.2, -0.15) is 18.4 Å². The monoisotopic (exact) mass is 361 g/mol. The zero-order valence-corrected chi connectivity index (χ0v) is 13.5. The molecule has 26 heavy (non-hydrogen) atoms. The molecule has 2 amide bonds. The van der Waals surface area contributed by atoms with E-state index >= 15 is 0 Å². The molecule has 6 rings (SSSR count). The standard InChI is InChI=1S/C18H14F3N3O2/c19-18(20,21)12-3-8(2-1-7(12)5-22)24-16(25)13-11-6-23-15(10-4-9(10)11)14(13)17(24)26/h1-3,9-11,13-15,23H,4,6H2/t9-,10+,11-,13+,14+,15+/m0/s1. The normalized spacial score (nSPS) is 37.4. The van der Waals surface area contributed by atoms with E-state index in [1.54, 1.807) is 0 Å². The molecule has 2 bridgehead atoms. The summed E-state index contributed by atoms with van der Waals surface area (Å²) in [6.45, 7) is 0.682. The van der Waals surface area contributed by atoms with Crippen molar-refractivity contribution in [3.8, 4) is 6.07 Å². The zero-order chi connectivity index (χ0) is 18.4. The lowest BCUT2D eigenvalue weighted by molar-refractivity contribution is -0.138. The first-order chi connectivity index (χ1) is 12.3. The van der Waals surface area contributed by atoms with Gasteiger partial charge in [-0.15, -0.1) is 0 Å². The van der Waals surface area contributed by atoms with Crippen LogP contribution in [0.2, 0.25) is 0 Å². The highest BCUT2D eigenvalue weighted by atomic mass is 19.4. The molecule has 8 heteroatoms. The average molecular weight is 361 g/mol. The third-order valence-electron chi connectivity index (χ3n) is 6.42. The molecule has 6 atom stereocenters. The predicted molar refractivity (Wildman–Crippen MR) is 82.5 cm³/mol. The van der Waals surface area contributed by atoms with E-state index in [-0.39, 0.29) is 17.6 Å². The first-order valence-corrected chi connectivity index (χ1v) is 8.55. The molecule has 2 aliphatic carbocycles. The minimum Gasteiger partial charge on any atom is -0.313 e. The van der Waals surface area contributed by atoms with Crippen LogP contribution in [0.4, 0.5) is 18.9 Å². The van der Waals surface area contributed by atoms with Gasteiger partial charge in [0.15, 0.2) is 0 Å². The van der Waals surface area contributed by atoms with Crippen molar-refractivity contribution >= 4 is 17.5 Å². The Kier molecular flexibility index (Phi) is 2.96.